The lowest BCUT2D eigenvalue weighted by atomic mass is 9.79. The predicted octanol–water partition coefficient (Wildman–Crippen LogP) is 7.00. The van der Waals surface area contributed by atoms with Gasteiger partial charge in [0.05, 0.1) is 16.8 Å². The molecule has 5 heteroatoms. The minimum absolute atomic E-state index is 0.0200. The van der Waals surface area contributed by atoms with E-state index in [0.29, 0.717) is 18.5 Å². The molecule has 2 heterocycles. The van der Waals surface area contributed by atoms with Crippen LogP contribution in [-0.2, 0) is 6.54 Å². The second-order valence-electron chi connectivity index (χ2n) is 13.2. The van der Waals surface area contributed by atoms with Crippen LogP contribution in [0, 0.1) is 5.92 Å². The Labute approximate surface area is 234 Å². The van der Waals surface area contributed by atoms with Gasteiger partial charge in [-0.05, 0) is 72.3 Å². The molecule has 0 radical (unpaired) electrons. The predicted molar refractivity (Wildman–Crippen MR) is 162 cm³/mol. The first-order valence-electron chi connectivity index (χ1n) is 14.9. The molecule has 208 valence electrons. The Morgan fingerprint density at radius 3 is 2.28 bits per heavy atom. The van der Waals surface area contributed by atoms with Gasteiger partial charge >= 0.3 is 0 Å². The van der Waals surface area contributed by atoms with Gasteiger partial charge in [0.1, 0.15) is 0 Å². The van der Waals surface area contributed by atoms with Crippen molar-refractivity contribution in [2.45, 2.75) is 109 Å². The summed E-state index contributed by atoms with van der Waals surface area (Å²) in [7, 11) is 0. The van der Waals surface area contributed by atoms with Crippen molar-refractivity contribution in [2.24, 2.45) is 5.92 Å². The first kappa shape index (κ1) is 27.8. The Morgan fingerprint density at radius 1 is 0.949 bits per heavy atom. The third kappa shape index (κ3) is 6.53. The van der Waals surface area contributed by atoms with E-state index in [9.17, 15) is 4.79 Å². The van der Waals surface area contributed by atoms with Crippen LogP contribution in [0.5, 0.6) is 0 Å². The van der Waals surface area contributed by atoms with E-state index in [4.69, 9.17) is 4.98 Å². The maximum absolute atomic E-state index is 14.2. The molecule has 3 N–H and O–H groups in total. The number of rotatable bonds is 7. The third-order valence-electron chi connectivity index (χ3n) is 8.74. The fraction of sp³-hybridized carbons (Fsp3) is 0.529. The number of hydrogen-bond acceptors (Lipinski definition) is 4. The molecule has 1 aliphatic heterocycles. The monoisotopic (exact) mass is 526 g/mol. The molecule has 1 saturated heterocycles. The minimum atomic E-state index is 0.0200. The molecule has 3 aromatic rings. The van der Waals surface area contributed by atoms with Gasteiger partial charge in [0, 0.05) is 46.2 Å². The van der Waals surface area contributed by atoms with Crippen molar-refractivity contribution < 1.29 is 4.79 Å². The van der Waals surface area contributed by atoms with Crippen LogP contribution < -0.4 is 16.0 Å². The second kappa shape index (κ2) is 11.4. The molecule has 1 aliphatic carbocycles. The summed E-state index contributed by atoms with van der Waals surface area (Å²) in [6, 6.07) is 18.9. The van der Waals surface area contributed by atoms with Crippen LogP contribution in [0.2, 0.25) is 0 Å². The number of fused-ring (bicyclic) bond motifs is 1. The number of hydrogen-bond donors (Lipinski definition) is 3. The normalized spacial score (nSPS) is 20.5. The first-order valence-corrected chi connectivity index (χ1v) is 14.9. The molecule has 1 aromatic heterocycles. The number of pyridine rings is 1. The first-order chi connectivity index (χ1) is 18.6. The van der Waals surface area contributed by atoms with E-state index in [1.54, 1.807) is 0 Å². The molecule has 2 fully saturated rings. The van der Waals surface area contributed by atoms with Gasteiger partial charge in [-0.15, -0.1) is 0 Å². The Hall–Kier alpha value is -2.76. The average molecular weight is 527 g/mol. The lowest BCUT2D eigenvalue weighted by Crippen LogP contribution is -2.61. The smallest absolute Gasteiger partial charge is 0.252 e. The zero-order valence-corrected chi connectivity index (χ0v) is 24.4. The molecule has 5 nitrogen and oxygen atoms in total. The van der Waals surface area contributed by atoms with Crippen molar-refractivity contribution in [1.29, 1.82) is 0 Å². The van der Waals surface area contributed by atoms with Crippen molar-refractivity contribution in [3.8, 4) is 11.3 Å². The van der Waals surface area contributed by atoms with Crippen LogP contribution in [0.1, 0.15) is 95.5 Å². The molecule has 1 amide bonds. The fourth-order valence-electron chi connectivity index (χ4n) is 7.26. The van der Waals surface area contributed by atoms with Gasteiger partial charge < -0.3 is 16.0 Å². The molecule has 0 spiro atoms. The summed E-state index contributed by atoms with van der Waals surface area (Å²) in [4.78, 5) is 19.3. The molecular formula is C34H46N4O. The van der Waals surface area contributed by atoms with Gasteiger partial charge in [0.2, 0.25) is 0 Å². The lowest BCUT2D eigenvalue weighted by molar-refractivity contribution is 0.0919. The molecule has 5 rings (SSSR count). The Morgan fingerprint density at radius 2 is 1.59 bits per heavy atom. The fourth-order valence-corrected chi connectivity index (χ4v) is 7.26. The number of carbonyl (C=O) groups excluding carboxylic acids is 1. The zero-order valence-electron chi connectivity index (χ0n) is 24.4. The maximum Gasteiger partial charge on any atom is 0.252 e. The van der Waals surface area contributed by atoms with Crippen molar-refractivity contribution in [1.82, 2.24) is 20.9 Å². The number of nitrogens with one attached hydrogen (secondary N) is 3. The topological polar surface area (TPSA) is 66.1 Å². The zero-order chi connectivity index (χ0) is 27.6. The number of piperidine rings is 1. The van der Waals surface area contributed by atoms with Crippen LogP contribution in [-0.4, -0.2) is 34.1 Å². The van der Waals surface area contributed by atoms with Crippen LogP contribution in [0.15, 0.2) is 54.6 Å². The van der Waals surface area contributed by atoms with Gasteiger partial charge in [-0.3, -0.25) is 4.79 Å². The van der Waals surface area contributed by atoms with E-state index in [2.05, 4.69) is 68.8 Å². The standard InChI is InChI=1S/C34H46N4O/c1-23(24-14-8-6-9-15-24)36-32(39)30-27-18-12-13-19-29(27)37-31(25-16-10-7-11-17-25)28(30)22-35-26-20-33(2,3)38-34(4,5)21-26/h7,10-13,16-19,23-24,26,35,38H,6,8-9,14-15,20-22H2,1-5H3,(H,36,39)/t23-/m0/s1. The van der Waals surface area contributed by atoms with Gasteiger partial charge in [0.15, 0.2) is 0 Å². The molecule has 0 bridgehead atoms. The molecule has 1 saturated carbocycles. The van der Waals surface area contributed by atoms with Crippen molar-refractivity contribution in [3.63, 3.8) is 0 Å². The van der Waals surface area contributed by atoms with E-state index in [-0.39, 0.29) is 23.0 Å². The highest BCUT2D eigenvalue weighted by molar-refractivity contribution is 6.09. The van der Waals surface area contributed by atoms with E-state index >= 15 is 0 Å². The van der Waals surface area contributed by atoms with Crippen molar-refractivity contribution >= 4 is 16.8 Å². The van der Waals surface area contributed by atoms with Crippen molar-refractivity contribution in [3.05, 3.63) is 65.7 Å². The van der Waals surface area contributed by atoms with E-state index in [0.717, 1.165) is 46.1 Å². The molecular weight excluding hydrogens is 480 g/mol. The number of nitrogens with zero attached hydrogens (tertiary/aromatic N) is 1. The highest BCUT2D eigenvalue weighted by Crippen LogP contribution is 2.33. The number of para-hydroxylation sites is 1. The summed E-state index contributed by atoms with van der Waals surface area (Å²) in [6.45, 7) is 11.9. The summed E-state index contributed by atoms with van der Waals surface area (Å²) < 4.78 is 0. The van der Waals surface area contributed by atoms with Crippen LogP contribution >= 0.6 is 0 Å². The number of carbonyl (C=O) groups is 1. The largest absolute Gasteiger partial charge is 0.349 e. The summed E-state index contributed by atoms with van der Waals surface area (Å²) in [5.41, 5.74) is 4.63. The summed E-state index contributed by atoms with van der Waals surface area (Å²) in [6.07, 6.45) is 8.29. The highest BCUT2D eigenvalue weighted by Gasteiger charge is 2.37. The Bertz CT molecular complexity index is 1280. The molecule has 0 unspecified atom stereocenters. The lowest BCUT2D eigenvalue weighted by Gasteiger charge is -2.46. The molecule has 39 heavy (non-hydrogen) atoms. The molecule has 2 aromatic carbocycles. The molecule has 1 atom stereocenters. The Kier molecular flexibility index (Phi) is 8.11. The Balaban J connectivity index is 1.55. The van der Waals surface area contributed by atoms with Gasteiger partial charge in [0.25, 0.3) is 5.91 Å². The van der Waals surface area contributed by atoms with Crippen LogP contribution in [0.25, 0.3) is 22.2 Å². The average Bonchev–Trinajstić information content (AvgIpc) is 2.90. The maximum atomic E-state index is 14.2. The number of amides is 1. The number of aromatic nitrogens is 1. The SMILES string of the molecule is C[C@H](NC(=O)c1c(CNC2CC(C)(C)NC(C)(C)C2)c(-c2ccccc2)nc2ccccc12)C1CCCCC1. The van der Waals surface area contributed by atoms with Gasteiger partial charge in [-0.2, -0.15) is 0 Å². The number of benzene rings is 2. The highest BCUT2D eigenvalue weighted by atomic mass is 16.1. The van der Waals surface area contributed by atoms with Crippen molar-refractivity contribution in [2.75, 3.05) is 0 Å². The molecule has 2 aliphatic rings. The van der Waals surface area contributed by atoms with E-state index in [1.165, 1.54) is 32.1 Å². The minimum Gasteiger partial charge on any atom is -0.349 e. The summed E-state index contributed by atoms with van der Waals surface area (Å²) >= 11 is 0. The van der Waals surface area contributed by atoms with Crippen LogP contribution in [0.3, 0.4) is 0 Å². The van der Waals surface area contributed by atoms with Gasteiger partial charge in [-0.1, -0.05) is 67.8 Å². The third-order valence-corrected chi connectivity index (χ3v) is 8.74. The van der Waals surface area contributed by atoms with Crippen LogP contribution in [0.4, 0.5) is 0 Å². The van der Waals surface area contributed by atoms with E-state index in [1.807, 2.05) is 36.4 Å². The van der Waals surface area contributed by atoms with E-state index < -0.39 is 0 Å². The summed E-state index contributed by atoms with van der Waals surface area (Å²) in [5.74, 6) is 0.566. The quantitative estimate of drug-likeness (QED) is 0.310. The van der Waals surface area contributed by atoms with Gasteiger partial charge in [-0.25, -0.2) is 4.98 Å². The summed E-state index contributed by atoms with van der Waals surface area (Å²) in [5, 5.41) is 12.0. The second-order valence-corrected chi connectivity index (χ2v) is 13.2.